The van der Waals surface area contributed by atoms with Gasteiger partial charge >= 0.3 is 5.69 Å². The maximum atomic E-state index is 13.4. The van der Waals surface area contributed by atoms with E-state index in [9.17, 15) is 9.59 Å². The van der Waals surface area contributed by atoms with E-state index in [0.29, 0.717) is 34.8 Å². The zero-order chi connectivity index (χ0) is 24.1. The molecule has 0 aliphatic carbocycles. The van der Waals surface area contributed by atoms with Crippen LogP contribution >= 0.6 is 11.6 Å². The Bertz CT molecular complexity index is 1650. The van der Waals surface area contributed by atoms with Gasteiger partial charge in [0.1, 0.15) is 11.1 Å². The van der Waals surface area contributed by atoms with E-state index in [-0.39, 0.29) is 17.2 Å². The van der Waals surface area contributed by atoms with Crippen LogP contribution in [0.4, 0.5) is 0 Å². The van der Waals surface area contributed by atoms with Crippen molar-refractivity contribution in [1.82, 2.24) is 28.5 Å². The SMILES string of the molecule is CCn1cccc1-c1c2c(=O)n(C)c(=O)n(CC(C)C)c2nn1Cc1c[nH]c2ccc(Cl)cc12. The second-order valence-electron chi connectivity index (χ2n) is 9.04. The number of aromatic amines is 1. The second-order valence-corrected chi connectivity index (χ2v) is 9.48. The van der Waals surface area contributed by atoms with Crippen LogP contribution in [0.25, 0.3) is 33.3 Å². The monoisotopic (exact) mass is 478 g/mol. The highest BCUT2D eigenvalue weighted by Gasteiger charge is 2.24. The molecule has 0 aliphatic heterocycles. The van der Waals surface area contributed by atoms with Crippen LogP contribution in [-0.4, -0.2) is 28.5 Å². The molecule has 0 saturated heterocycles. The fourth-order valence-electron chi connectivity index (χ4n) is 4.61. The van der Waals surface area contributed by atoms with Crippen LogP contribution in [-0.2, 0) is 26.7 Å². The van der Waals surface area contributed by atoms with E-state index in [1.54, 1.807) is 4.57 Å². The summed E-state index contributed by atoms with van der Waals surface area (Å²) in [5.74, 6) is 0.210. The Morgan fingerprint density at radius 1 is 1.18 bits per heavy atom. The number of aromatic nitrogens is 6. The lowest BCUT2D eigenvalue weighted by atomic mass is 10.1. The molecule has 0 spiro atoms. The molecular weight excluding hydrogens is 452 g/mol. The third-order valence-corrected chi connectivity index (χ3v) is 6.47. The molecule has 4 heterocycles. The molecule has 0 radical (unpaired) electrons. The molecule has 0 amide bonds. The fourth-order valence-corrected chi connectivity index (χ4v) is 4.79. The number of nitrogens with zero attached hydrogens (tertiary/aromatic N) is 5. The van der Waals surface area contributed by atoms with E-state index in [1.807, 2.05) is 61.3 Å². The van der Waals surface area contributed by atoms with Crippen LogP contribution in [0, 0.1) is 5.92 Å². The maximum Gasteiger partial charge on any atom is 0.332 e. The molecule has 5 aromatic rings. The van der Waals surface area contributed by atoms with Gasteiger partial charge in [0, 0.05) is 48.5 Å². The highest BCUT2D eigenvalue weighted by Crippen LogP contribution is 2.30. The number of aryl methyl sites for hydroxylation is 1. The molecule has 9 heteroatoms. The van der Waals surface area contributed by atoms with Crippen molar-refractivity contribution in [3.63, 3.8) is 0 Å². The van der Waals surface area contributed by atoms with Gasteiger partial charge in [-0.15, -0.1) is 0 Å². The lowest BCUT2D eigenvalue weighted by Gasteiger charge is -2.11. The van der Waals surface area contributed by atoms with E-state index < -0.39 is 0 Å². The minimum atomic E-state index is -0.354. The van der Waals surface area contributed by atoms with E-state index >= 15 is 0 Å². The lowest BCUT2D eigenvalue weighted by Crippen LogP contribution is -2.38. The van der Waals surface area contributed by atoms with Crippen molar-refractivity contribution in [3.05, 3.63) is 74.1 Å². The average molecular weight is 479 g/mol. The molecule has 5 rings (SSSR count). The van der Waals surface area contributed by atoms with E-state index in [1.165, 1.54) is 11.6 Å². The molecule has 176 valence electrons. The Morgan fingerprint density at radius 2 is 1.97 bits per heavy atom. The predicted octanol–water partition coefficient (Wildman–Crippen LogP) is 4.22. The molecule has 0 unspecified atom stereocenters. The van der Waals surface area contributed by atoms with Gasteiger partial charge in [0.15, 0.2) is 5.65 Å². The summed E-state index contributed by atoms with van der Waals surface area (Å²) in [5, 5.41) is 6.97. The van der Waals surface area contributed by atoms with Crippen molar-refractivity contribution >= 4 is 33.5 Å². The molecule has 0 atom stereocenters. The first-order valence-electron chi connectivity index (χ1n) is 11.4. The Hall–Kier alpha value is -3.52. The first-order valence-corrected chi connectivity index (χ1v) is 11.8. The van der Waals surface area contributed by atoms with Crippen LogP contribution in [0.15, 0.2) is 52.3 Å². The minimum Gasteiger partial charge on any atom is -0.361 e. The van der Waals surface area contributed by atoms with Crippen LogP contribution in [0.3, 0.4) is 0 Å². The molecule has 34 heavy (non-hydrogen) atoms. The molecule has 4 aromatic heterocycles. The standard InChI is InChI=1S/C25H27ClN6O2/c1-5-30-10-6-7-20(30)22-21-23(31(13-15(2)3)25(34)29(4)24(21)33)28-32(22)14-16-12-27-19-9-8-17(26)11-18(16)19/h6-12,15,27H,5,13-14H2,1-4H3. The Balaban J connectivity index is 1.84. The van der Waals surface area contributed by atoms with Crippen molar-refractivity contribution in [2.75, 3.05) is 0 Å². The smallest absolute Gasteiger partial charge is 0.332 e. The molecule has 0 fully saturated rings. The number of hydrogen-bond acceptors (Lipinski definition) is 3. The molecule has 1 aromatic carbocycles. The summed E-state index contributed by atoms with van der Waals surface area (Å²) in [6.45, 7) is 7.76. The topological polar surface area (TPSA) is 82.5 Å². The van der Waals surface area contributed by atoms with Gasteiger partial charge in [0.25, 0.3) is 5.56 Å². The van der Waals surface area contributed by atoms with Crippen LogP contribution in [0.1, 0.15) is 26.3 Å². The van der Waals surface area contributed by atoms with E-state index in [2.05, 4.69) is 16.5 Å². The third-order valence-electron chi connectivity index (χ3n) is 6.24. The summed E-state index contributed by atoms with van der Waals surface area (Å²) in [6.07, 6.45) is 3.92. The van der Waals surface area contributed by atoms with E-state index in [4.69, 9.17) is 16.7 Å². The van der Waals surface area contributed by atoms with Gasteiger partial charge in [0.05, 0.1) is 12.2 Å². The number of halogens is 1. The summed E-state index contributed by atoms with van der Waals surface area (Å²) in [7, 11) is 1.53. The fraction of sp³-hybridized carbons (Fsp3) is 0.320. The lowest BCUT2D eigenvalue weighted by molar-refractivity contribution is 0.498. The Morgan fingerprint density at radius 3 is 2.71 bits per heavy atom. The number of hydrogen-bond donors (Lipinski definition) is 1. The predicted molar refractivity (Wildman–Crippen MR) is 136 cm³/mol. The zero-order valence-corrected chi connectivity index (χ0v) is 20.4. The number of benzene rings is 1. The van der Waals surface area contributed by atoms with Crippen LogP contribution < -0.4 is 11.2 Å². The van der Waals surface area contributed by atoms with Crippen molar-refractivity contribution < 1.29 is 0 Å². The van der Waals surface area contributed by atoms with Gasteiger partial charge in [0.2, 0.25) is 0 Å². The summed E-state index contributed by atoms with van der Waals surface area (Å²) >= 11 is 6.27. The number of rotatable bonds is 6. The molecular formula is C25H27ClN6O2. The highest BCUT2D eigenvalue weighted by atomic mass is 35.5. The normalized spacial score (nSPS) is 11.9. The Labute approximate surface area is 201 Å². The van der Waals surface area contributed by atoms with Gasteiger partial charge < -0.3 is 9.55 Å². The number of fused-ring (bicyclic) bond motifs is 2. The third kappa shape index (κ3) is 3.49. The molecule has 0 aliphatic rings. The van der Waals surface area contributed by atoms with Gasteiger partial charge in [-0.1, -0.05) is 25.4 Å². The van der Waals surface area contributed by atoms with Crippen molar-refractivity contribution in [1.29, 1.82) is 0 Å². The Kier molecular flexibility index (Phi) is 5.48. The van der Waals surface area contributed by atoms with Crippen molar-refractivity contribution in [2.24, 2.45) is 13.0 Å². The zero-order valence-electron chi connectivity index (χ0n) is 19.7. The first-order chi connectivity index (χ1) is 16.3. The molecule has 0 saturated carbocycles. The van der Waals surface area contributed by atoms with Gasteiger partial charge in [-0.3, -0.25) is 18.6 Å². The molecule has 0 bridgehead atoms. The van der Waals surface area contributed by atoms with Crippen LogP contribution in [0.5, 0.6) is 0 Å². The van der Waals surface area contributed by atoms with E-state index in [0.717, 1.165) is 28.7 Å². The number of nitrogens with one attached hydrogen (secondary N) is 1. The van der Waals surface area contributed by atoms with Crippen molar-refractivity contribution in [3.8, 4) is 11.4 Å². The first kappa shape index (κ1) is 22.3. The van der Waals surface area contributed by atoms with Crippen molar-refractivity contribution in [2.45, 2.75) is 40.4 Å². The second kappa shape index (κ2) is 8.36. The minimum absolute atomic E-state index is 0.210. The summed E-state index contributed by atoms with van der Waals surface area (Å²) < 4.78 is 6.72. The van der Waals surface area contributed by atoms with Gasteiger partial charge in [-0.25, -0.2) is 4.79 Å². The molecule has 8 nitrogen and oxygen atoms in total. The van der Waals surface area contributed by atoms with Gasteiger partial charge in [-0.05, 0) is 48.7 Å². The summed E-state index contributed by atoms with van der Waals surface area (Å²) in [6, 6.07) is 9.66. The average Bonchev–Trinajstić information content (AvgIpc) is 3.52. The summed E-state index contributed by atoms with van der Waals surface area (Å²) in [5.41, 5.74) is 3.28. The highest BCUT2D eigenvalue weighted by molar-refractivity contribution is 6.31. The summed E-state index contributed by atoms with van der Waals surface area (Å²) in [4.78, 5) is 29.8. The van der Waals surface area contributed by atoms with Gasteiger partial charge in [-0.2, -0.15) is 5.10 Å². The van der Waals surface area contributed by atoms with Crippen LogP contribution in [0.2, 0.25) is 5.02 Å². The largest absolute Gasteiger partial charge is 0.361 e. The number of H-pyrrole nitrogens is 1. The maximum absolute atomic E-state index is 13.4. The quantitative estimate of drug-likeness (QED) is 0.396. The molecule has 1 N–H and O–H groups in total.